The van der Waals surface area contributed by atoms with Gasteiger partial charge in [-0.2, -0.15) is 0 Å². The first kappa shape index (κ1) is 12.0. The van der Waals surface area contributed by atoms with Crippen molar-refractivity contribution in [3.63, 3.8) is 0 Å². The minimum atomic E-state index is -0.995. The lowest BCUT2D eigenvalue weighted by Crippen LogP contribution is -2.23. The molecule has 0 saturated carbocycles. The third kappa shape index (κ3) is 2.49. The van der Waals surface area contributed by atoms with Crippen molar-refractivity contribution >= 4 is 5.69 Å². The van der Waals surface area contributed by atoms with Crippen LogP contribution < -0.4 is 5.73 Å². The molecule has 0 fully saturated rings. The molecule has 0 bridgehead atoms. The molecule has 0 aliphatic rings. The Hall–Kier alpha value is -1.06. The molecule has 0 unspecified atom stereocenters. The summed E-state index contributed by atoms with van der Waals surface area (Å²) in [6.07, 6.45) is 0. The van der Waals surface area contributed by atoms with Gasteiger partial charge in [-0.3, -0.25) is 0 Å². The highest BCUT2D eigenvalue weighted by Crippen LogP contribution is 2.33. The first-order valence-corrected chi connectivity index (χ1v) is 4.98. The second-order valence-corrected chi connectivity index (χ2v) is 4.88. The van der Waals surface area contributed by atoms with Gasteiger partial charge in [-0.05, 0) is 27.7 Å². The van der Waals surface area contributed by atoms with E-state index in [1.54, 1.807) is 45.9 Å². The summed E-state index contributed by atoms with van der Waals surface area (Å²) in [5.41, 5.74) is 5.68. The first-order valence-electron chi connectivity index (χ1n) is 4.98. The van der Waals surface area contributed by atoms with Gasteiger partial charge in [-0.15, -0.1) is 0 Å². The normalized spacial score (nSPS) is 12.9. The lowest BCUT2D eigenvalue weighted by atomic mass is 9.88. The van der Waals surface area contributed by atoms with Gasteiger partial charge in [-0.25, -0.2) is 0 Å². The predicted molar refractivity (Wildman–Crippen MR) is 61.3 cm³/mol. The van der Waals surface area contributed by atoms with Gasteiger partial charge < -0.3 is 15.9 Å². The molecule has 0 spiro atoms. The Morgan fingerprint density at radius 2 is 1.27 bits per heavy atom. The number of benzene rings is 1. The van der Waals surface area contributed by atoms with Crippen molar-refractivity contribution in [3.8, 4) is 0 Å². The van der Waals surface area contributed by atoms with Crippen molar-refractivity contribution in [1.82, 2.24) is 0 Å². The highest BCUT2D eigenvalue weighted by atomic mass is 16.3. The van der Waals surface area contributed by atoms with Crippen LogP contribution in [0.2, 0.25) is 0 Å². The molecule has 0 aromatic heterocycles. The van der Waals surface area contributed by atoms with Crippen LogP contribution >= 0.6 is 0 Å². The van der Waals surface area contributed by atoms with Crippen LogP contribution in [0.1, 0.15) is 38.8 Å². The van der Waals surface area contributed by atoms with Crippen LogP contribution in [0, 0.1) is 0 Å². The van der Waals surface area contributed by atoms with E-state index in [-0.39, 0.29) is 0 Å². The molecule has 0 aliphatic heterocycles. The second kappa shape index (κ2) is 3.51. The molecule has 0 radical (unpaired) electrons. The minimum Gasteiger partial charge on any atom is -0.398 e. The fraction of sp³-hybridized carbons (Fsp3) is 0.500. The summed E-state index contributed by atoms with van der Waals surface area (Å²) >= 11 is 0. The van der Waals surface area contributed by atoms with Crippen molar-refractivity contribution < 1.29 is 10.2 Å². The first-order chi connectivity index (χ1) is 6.64. The van der Waals surface area contributed by atoms with Gasteiger partial charge in [0.1, 0.15) is 0 Å². The molecule has 3 heteroatoms. The summed E-state index contributed by atoms with van der Waals surface area (Å²) in [4.78, 5) is 0. The standard InChI is InChI=1S/C12H19NO2/c1-11(2,14)8-6-5-7-9(10(8)13)12(3,4)15/h5-7,14-15H,13H2,1-4H3. The SMILES string of the molecule is CC(C)(O)c1cccc(C(C)(C)O)c1N. The summed E-state index contributed by atoms with van der Waals surface area (Å²) in [7, 11) is 0. The van der Waals surface area contributed by atoms with Gasteiger partial charge in [0, 0.05) is 16.8 Å². The fourth-order valence-corrected chi connectivity index (χ4v) is 1.63. The second-order valence-electron chi connectivity index (χ2n) is 4.88. The van der Waals surface area contributed by atoms with E-state index >= 15 is 0 Å². The minimum absolute atomic E-state index is 0.456. The highest BCUT2D eigenvalue weighted by Gasteiger charge is 2.25. The van der Waals surface area contributed by atoms with E-state index < -0.39 is 11.2 Å². The van der Waals surface area contributed by atoms with Crippen LogP contribution in [-0.2, 0) is 11.2 Å². The Morgan fingerprint density at radius 1 is 0.933 bits per heavy atom. The van der Waals surface area contributed by atoms with Gasteiger partial charge in [0.2, 0.25) is 0 Å². The van der Waals surface area contributed by atoms with Crippen molar-refractivity contribution in [1.29, 1.82) is 0 Å². The Bertz CT molecular complexity index is 327. The third-order valence-electron chi connectivity index (χ3n) is 2.42. The molecule has 0 atom stereocenters. The topological polar surface area (TPSA) is 66.5 Å². The van der Waals surface area contributed by atoms with Crippen LogP contribution in [0.5, 0.6) is 0 Å². The number of nitrogens with two attached hydrogens (primary N) is 1. The zero-order valence-electron chi connectivity index (χ0n) is 9.70. The highest BCUT2D eigenvalue weighted by molar-refractivity contribution is 5.57. The van der Waals surface area contributed by atoms with E-state index in [0.29, 0.717) is 16.8 Å². The maximum atomic E-state index is 9.90. The van der Waals surface area contributed by atoms with Crippen LogP contribution in [0.4, 0.5) is 5.69 Å². The molecule has 1 aromatic rings. The number of para-hydroxylation sites is 1. The molecular formula is C12H19NO2. The summed E-state index contributed by atoms with van der Waals surface area (Å²) < 4.78 is 0. The fourth-order valence-electron chi connectivity index (χ4n) is 1.63. The molecule has 15 heavy (non-hydrogen) atoms. The Morgan fingerprint density at radius 3 is 1.53 bits per heavy atom. The monoisotopic (exact) mass is 209 g/mol. The maximum Gasteiger partial charge on any atom is 0.0860 e. The molecule has 0 aliphatic carbocycles. The van der Waals surface area contributed by atoms with E-state index in [9.17, 15) is 10.2 Å². The van der Waals surface area contributed by atoms with Gasteiger partial charge in [0.05, 0.1) is 11.2 Å². The molecule has 84 valence electrons. The van der Waals surface area contributed by atoms with Crippen molar-refractivity contribution in [3.05, 3.63) is 29.3 Å². The molecule has 0 heterocycles. The number of nitrogen functional groups attached to an aromatic ring is 1. The van der Waals surface area contributed by atoms with E-state index in [1.165, 1.54) is 0 Å². The van der Waals surface area contributed by atoms with Gasteiger partial charge in [0.15, 0.2) is 0 Å². The summed E-state index contributed by atoms with van der Waals surface area (Å²) in [5, 5.41) is 19.8. The number of hydrogen-bond acceptors (Lipinski definition) is 3. The maximum absolute atomic E-state index is 9.90. The largest absolute Gasteiger partial charge is 0.398 e. The summed E-state index contributed by atoms with van der Waals surface area (Å²) in [6.45, 7) is 6.69. The molecule has 1 aromatic carbocycles. The molecule has 1 rings (SSSR count). The van der Waals surface area contributed by atoms with Crippen molar-refractivity contribution in [2.75, 3.05) is 5.73 Å². The van der Waals surface area contributed by atoms with Crippen molar-refractivity contribution in [2.24, 2.45) is 0 Å². The van der Waals surface area contributed by atoms with Gasteiger partial charge >= 0.3 is 0 Å². The summed E-state index contributed by atoms with van der Waals surface area (Å²) in [6, 6.07) is 5.33. The van der Waals surface area contributed by atoms with Gasteiger partial charge in [-0.1, -0.05) is 18.2 Å². The molecule has 0 amide bonds. The number of aliphatic hydroxyl groups is 2. The van der Waals surface area contributed by atoms with E-state index in [4.69, 9.17) is 5.73 Å². The Balaban J connectivity index is 3.37. The van der Waals surface area contributed by atoms with Crippen LogP contribution in [0.15, 0.2) is 18.2 Å². The van der Waals surface area contributed by atoms with Gasteiger partial charge in [0.25, 0.3) is 0 Å². The zero-order valence-corrected chi connectivity index (χ0v) is 9.70. The van der Waals surface area contributed by atoms with E-state index in [1.807, 2.05) is 0 Å². The van der Waals surface area contributed by atoms with Crippen molar-refractivity contribution in [2.45, 2.75) is 38.9 Å². The quantitative estimate of drug-likeness (QED) is 0.650. The average molecular weight is 209 g/mol. The van der Waals surface area contributed by atoms with E-state index in [2.05, 4.69) is 0 Å². The molecule has 3 nitrogen and oxygen atoms in total. The van der Waals surface area contributed by atoms with Crippen LogP contribution in [0.25, 0.3) is 0 Å². The third-order valence-corrected chi connectivity index (χ3v) is 2.42. The number of anilines is 1. The predicted octanol–water partition coefficient (Wildman–Crippen LogP) is 1.72. The van der Waals surface area contributed by atoms with Crippen LogP contribution in [0.3, 0.4) is 0 Å². The average Bonchev–Trinajstić information content (AvgIpc) is 1.99. The smallest absolute Gasteiger partial charge is 0.0860 e. The van der Waals surface area contributed by atoms with E-state index in [0.717, 1.165) is 0 Å². The lowest BCUT2D eigenvalue weighted by molar-refractivity contribution is 0.0734. The van der Waals surface area contributed by atoms with Crippen LogP contribution in [-0.4, -0.2) is 10.2 Å². The Kier molecular flexibility index (Phi) is 2.81. The zero-order chi connectivity index (χ0) is 11.9. The Labute approximate surface area is 90.5 Å². The summed E-state index contributed by atoms with van der Waals surface area (Å²) in [5.74, 6) is 0. The molecular weight excluding hydrogens is 190 g/mol. The molecule has 0 saturated heterocycles. The molecule has 4 N–H and O–H groups in total. The number of hydrogen-bond donors (Lipinski definition) is 3. The number of rotatable bonds is 2. The lowest BCUT2D eigenvalue weighted by Gasteiger charge is -2.26.